The Kier molecular flexibility index (Phi) is 5.31. The summed E-state index contributed by atoms with van der Waals surface area (Å²) >= 11 is 6.73. The number of fused-ring (bicyclic) bond motifs is 1. The summed E-state index contributed by atoms with van der Waals surface area (Å²) in [6.07, 6.45) is 0.153. The van der Waals surface area contributed by atoms with Gasteiger partial charge in [-0.15, -0.1) is 0 Å². The van der Waals surface area contributed by atoms with E-state index in [1.807, 2.05) is 51.1 Å². The highest BCUT2D eigenvalue weighted by Crippen LogP contribution is 2.33. The highest BCUT2D eigenvalue weighted by molar-refractivity contribution is 6.36. The van der Waals surface area contributed by atoms with Crippen LogP contribution in [0.2, 0.25) is 5.02 Å². The minimum absolute atomic E-state index is 0.500. The Bertz CT molecular complexity index is 966. The van der Waals surface area contributed by atoms with E-state index < -0.39 is 6.10 Å². The molecule has 26 heavy (non-hydrogen) atoms. The van der Waals surface area contributed by atoms with E-state index in [-0.39, 0.29) is 0 Å². The Morgan fingerprint density at radius 2 is 1.73 bits per heavy atom. The Balaban J connectivity index is 2.10. The van der Waals surface area contributed by atoms with Gasteiger partial charge in [0.15, 0.2) is 0 Å². The van der Waals surface area contributed by atoms with Gasteiger partial charge in [-0.25, -0.2) is 0 Å². The van der Waals surface area contributed by atoms with E-state index in [9.17, 15) is 5.11 Å². The Hall–Kier alpha value is -1.97. The monoisotopic (exact) mass is 368 g/mol. The molecule has 0 aliphatic heterocycles. The molecule has 1 atom stereocenters. The predicted octanol–water partition coefficient (Wildman–Crippen LogP) is 5.49. The van der Waals surface area contributed by atoms with Gasteiger partial charge in [0, 0.05) is 28.0 Å². The lowest BCUT2D eigenvalue weighted by molar-refractivity contribution is 0.219. The molecule has 1 unspecified atom stereocenters. The van der Waals surface area contributed by atoms with Gasteiger partial charge >= 0.3 is 0 Å². The molecule has 1 aromatic carbocycles. The predicted molar refractivity (Wildman–Crippen MR) is 108 cm³/mol. The second-order valence-electron chi connectivity index (χ2n) is 7.39. The number of hydrogen-bond acceptors (Lipinski definition) is 3. The first-order valence-electron chi connectivity index (χ1n) is 8.98. The maximum absolute atomic E-state index is 10.9. The Labute approximate surface area is 160 Å². The molecule has 0 aliphatic rings. The molecule has 0 aliphatic carbocycles. The number of hydrogen-bond donors (Lipinski definition) is 1. The van der Waals surface area contributed by atoms with Crippen molar-refractivity contribution in [3.8, 4) is 0 Å². The third-order valence-corrected chi connectivity index (χ3v) is 5.17. The smallest absolute Gasteiger partial charge is 0.106 e. The van der Waals surface area contributed by atoms with Gasteiger partial charge in [-0.05, 0) is 62.4 Å². The molecule has 136 valence electrons. The molecule has 0 saturated carbocycles. The van der Waals surface area contributed by atoms with E-state index in [1.165, 1.54) is 0 Å². The molecule has 2 heterocycles. The summed E-state index contributed by atoms with van der Waals surface area (Å²) in [5.74, 6) is 0.500. The molecule has 0 radical (unpaired) electrons. The average molecular weight is 369 g/mol. The second kappa shape index (κ2) is 7.34. The van der Waals surface area contributed by atoms with Gasteiger partial charge in [0.25, 0.3) is 0 Å². The lowest BCUT2D eigenvalue weighted by Crippen LogP contribution is -2.05. The molecule has 3 rings (SSSR count). The molecule has 0 saturated heterocycles. The van der Waals surface area contributed by atoms with Crippen LogP contribution in [-0.2, 0) is 6.42 Å². The molecule has 0 spiro atoms. The average Bonchev–Trinajstić information content (AvgIpc) is 2.57. The number of aromatic nitrogens is 2. The second-order valence-corrected chi connectivity index (χ2v) is 7.77. The fourth-order valence-electron chi connectivity index (χ4n) is 3.38. The highest BCUT2D eigenvalue weighted by Gasteiger charge is 2.17. The molecule has 2 aromatic heterocycles. The van der Waals surface area contributed by atoms with Crippen LogP contribution in [0.5, 0.6) is 0 Å². The first kappa shape index (κ1) is 18.8. The zero-order valence-electron chi connectivity index (χ0n) is 16.0. The van der Waals surface area contributed by atoms with Crippen LogP contribution in [0, 0.1) is 26.7 Å². The standard InChI is InChI=1S/C22H25ClN2O/c1-12(2)10-18-15(5)25-20-9-7-16(11-19(20)21(18)23)22(26)17-8-6-13(3)24-14(17)4/h6-9,11-12,22,26H,10H2,1-5H3. The third-order valence-electron chi connectivity index (χ3n) is 4.74. The van der Waals surface area contributed by atoms with Crippen LogP contribution >= 0.6 is 11.6 Å². The van der Waals surface area contributed by atoms with Crippen LogP contribution in [0.3, 0.4) is 0 Å². The van der Waals surface area contributed by atoms with Crippen molar-refractivity contribution < 1.29 is 5.11 Å². The van der Waals surface area contributed by atoms with Crippen LogP contribution in [0.1, 0.15) is 53.7 Å². The van der Waals surface area contributed by atoms with Crippen molar-refractivity contribution in [2.45, 2.75) is 47.1 Å². The summed E-state index contributed by atoms with van der Waals surface area (Å²) in [5.41, 5.74) is 6.32. The van der Waals surface area contributed by atoms with Crippen molar-refractivity contribution in [3.05, 3.63) is 69.1 Å². The quantitative estimate of drug-likeness (QED) is 0.662. The normalized spacial score (nSPS) is 12.8. The van der Waals surface area contributed by atoms with Crippen LogP contribution in [0.4, 0.5) is 0 Å². The lowest BCUT2D eigenvalue weighted by atomic mass is 9.96. The molecule has 3 aromatic rings. The molecule has 0 fully saturated rings. The summed E-state index contributed by atoms with van der Waals surface area (Å²) in [4.78, 5) is 9.17. The highest BCUT2D eigenvalue weighted by atomic mass is 35.5. The van der Waals surface area contributed by atoms with Crippen LogP contribution in [0.25, 0.3) is 10.9 Å². The van der Waals surface area contributed by atoms with Gasteiger partial charge in [-0.2, -0.15) is 0 Å². The number of pyridine rings is 2. The van der Waals surface area contributed by atoms with Crippen LogP contribution < -0.4 is 0 Å². The van der Waals surface area contributed by atoms with Crippen LogP contribution in [-0.4, -0.2) is 15.1 Å². The van der Waals surface area contributed by atoms with Gasteiger partial charge in [-0.3, -0.25) is 9.97 Å². The number of aryl methyl sites for hydroxylation is 3. The molecule has 3 nitrogen and oxygen atoms in total. The van der Waals surface area contributed by atoms with Crippen molar-refractivity contribution in [1.29, 1.82) is 0 Å². The van der Waals surface area contributed by atoms with Crippen molar-refractivity contribution in [2.24, 2.45) is 5.92 Å². The minimum Gasteiger partial charge on any atom is -0.384 e. The van der Waals surface area contributed by atoms with E-state index in [0.29, 0.717) is 5.92 Å². The Morgan fingerprint density at radius 1 is 1.00 bits per heavy atom. The molecular formula is C22H25ClN2O. The molecule has 0 bridgehead atoms. The Morgan fingerprint density at radius 3 is 2.38 bits per heavy atom. The number of rotatable bonds is 4. The number of nitrogens with zero attached hydrogens (tertiary/aromatic N) is 2. The zero-order valence-corrected chi connectivity index (χ0v) is 16.7. The number of aliphatic hydroxyl groups excluding tert-OH is 1. The van der Waals surface area contributed by atoms with E-state index in [4.69, 9.17) is 16.6 Å². The van der Waals surface area contributed by atoms with E-state index in [1.54, 1.807) is 0 Å². The van der Waals surface area contributed by atoms with E-state index >= 15 is 0 Å². The van der Waals surface area contributed by atoms with Crippen LogP contribution in [0.15, 0.2) is 30.3 Å². The minimum atomic E-state index is -0.738. The molecule has 4 heteroatoms. The molecule has 0 amide bonds. The summed E-state index contributed by atoms with van der Waals surface area (Å²) in [6, 6.07) is 9.66. The summed E-state index contributed by atoms with van der Waals surface area (Å²) in [6.45, 7) is 10.2. The first-order valence-corrected chi connectivity index (χ1v) is 9.36. The maximum Gasteiger partial charge on any atom is 0.106 e. The van der Waals surface area contributed by atoms with Gasteiger partial charge in [0.1, 0.15) is 6.10 Å². The van der Waals surface area contributed by atoms with E-state index in [2.05, 4.69) is 18.8 Å². The number of halogens is 1. The van der Waals surface area contributed by atoms with Gasteiger partial charge < -0.3 is 5.11 Å². The number of benzene rings is 1. The van der Waals surface area contributed by atoms with Gasteiger partial charge in [-0.1, -0.05) is 37.6 Å². The zero-order chi connectivity index (χ0) is 19.0. The lowest BCUT2D eigenvalue weighted by Gasteiger charge is -2.17. The van der Waals surface area contributed by atoms with E-state index in [0.717, 1.165) is 56.1 Å². The van der Waals surface area contributed by atoms with Crippen molar-refractivity contribution in [2.75, 3.05) is 0 Å². The fourth-order valence-corrected chi connectivity index (χ4v) is 3.74. The first-order chi connectivity index (χ1) is 12.3. The summed E-state index contributed by atoms with van der Waals surface area (Å²) in [7, 11) is 0. The van der Waals surface area contributed by atoms with Crippen molar-refractivity contribution in [3.63, 3.8) is 0 Å². The fraction of sp³-hybridized carbons (Fsp3) is 0.364. The van der Waals surface area contributed by atoms with Gasteiger partial charge in [0.05, 0.1) is 10.5 Å². The largest absolute Gasteiger partial charge is 0.384 e. The molecular weight excluding hydrogens is 344 g/mol. The SMILES string of the molecule is Cc1ccc(C(O)c2ccc3nc(C)c(CC(C)C)c(Cl)c3c2)c(C)n1. The third kappa shape index (κ3) is 3.60. The number of aliphatic hydroxyl groups is 1. The molecule has 1 N–H and O–H groups in total. The van der Waals surface area contributed by atoms with Crippen molar-refractivity contribution in [1.82, 2.24) is 9.97 Å². The van der Waals surface area contributed by atoms with Crippen molar-refractivity contribution >= 4 is 22.5 Å². The topological polar surface area (TPSA) is 46.0 Å². The maximum atomic E-state index is 10.9. The summed E-state index contributed by atoms with van der Waals surface area (Å²) < 4.78 is 0. The van der Waals surface area contributed by atoms with Gasteiger partial charge in [0.2, 0.25) is 0 Å². The summed E-state index contributed by atoms with van der Waals surface area (Å²) in [5, 5.41) is 12.5.